The van der Waals surface area contributed by atoms with Gasteiger partial charge in [-0.2, -0.15) is 0 Å². The number of rotatable bonds is 5. The molecule has 0 bridgehead atoms. The summed E-state index contributed by atoms with van der Waals surface area (Å²) in [4.78, 5) is 28.7. The number of hydrogen-bond donors (Lipinski definition) is 2. The molecule has 2 amide bonds. The number of anilines is 2. The van der Waals surface area contributed by atoms with Gasteiger partial charge < -0.3 is 10.6 Å². The molecule has 3 rings (SSSR count). The van der Waals surface area contributed by atoms with E-state index in [9.17, 15) is 9.59 Å². The quantitative estimate of drug-likeness (QED) is 0.663. The monoisotopic (exact) mass is 373 g/mol. The minimum atomic E-state index is -0.169. The minimum absolute atomic E-state index is 0.0707. The van der Waals surface area contributed by atoms with Crippen LogP contribution in [0.15, 0.2) is 60.8 Å². The summed E-state index contributed by atoms with van der Waals surface area (Å²) in [5, 5.41) is 5.79. The molecule has 0 aliphatic rings. The first-order chi connectivity index (χ1) is 13.5. The average Bonchev–Trinajstić information content (AvgIpc) is 2.67. The molecule has 0 atom stereocenters. The van der Waals surface area contributed by atoms with Crippen LogP contribution < -0.4 is 10.6 Å². The second kappa shape index (κ2) is 8.48. The normalized spacial score (nSPS) is 10.4. The smallest absolute Gasteiger partial charge is 0.255 e. The molecule has 0 unspecified atom stereocenters. The largest absolute Gasteiger partial charge is 0.324 e. The van der Waals surface area contributed by atoms with Gasteiger partial charge in [0, 0.05) is 29.4 Å². The standard InChI is InChI=1S/C23H23N3O2/c1-4-21(27)26-20-6-5-11-24-22(20)17-7-9-18(10-8-17)23(28)25-19-13-15(2)12-16(3)14-19/h5-14H,4H2,1-3H3,(H,25,28)(H,26,27). The van der Waals surface area contributed by atoms with Crippen LogP contribution in [0.3, 0.4) is 0 Å². The number of pyridine rings is 1. The van der Waals surface area contributed by atoms with E-state index in [1.807, 2.05) is 44.2 Å². The zero-order chi connectivity index (χ0) is 20.1. The zero-order valence-electron chi connectivity index (χ0n) is 16.2. The van der Waals surface area contributed by atoms with Crippen LogP contribution in [0.25, 0.3) is 11.3 Å². The van der Waals surface area contributed by atoms with Gasteiger partial charge in [-0.15, -0.1) is 0 Å². The summed E-state index contributed by atoms with van der Waals surface area (Å²) in [6, 6.07) is 16.7. The van der Waals surface area contributed by atoms with Crippen molar-refractivity contribution in [3.05, 3.63) is 77.5 Å². The van der Waals surface area contributed by atoms with E-state index in [0.29, 0.717) is 23.4 Å². The van der Waals surface area contributed by atoms with E-state index in [-0.39, 0.29) is 11.8 Å². The molecule has 0 aliphatic carbocycles. The van der Waals surface area contributed by atoms with Gasteiger partial charge in [0.05, 0.1) is 11.4 Å². The number of carbonyl (C=O) groups excluding carboxylic acids is 2. The molecule has 2 N–H and O–H groups in total. The van der Waals surface area contributed by atoms with Gasteiger partial charge >= 0.3 is 0 Å². The van der Waals surface area contributed by atoms with Crippen molar-refractivity contribution in [3.8, 4) is 11.3 Å². The maximum absolute atomic E-state index is 12.6. The Morgan fingerprint density at radius 3 is 2.25 bits per heavy atom. The number of amides is 2. The van der Waals surface area contributed by atoms with Gasteiger partial charge in [0.2, 0.25) is 5.91 Å². The predicted molar refractivity (Wildman–Crippen MR) is 112 cm³/mol. The fourth-order valence-corrected chi connectivity index (χ4v) is 3.00. The molecule has 0 saturated carbocycles. The highest BCUT2D eigenvalue weighted by Gasteiger charge is 2.11. The lowest BCUT2D eigenvalue weighted by molar-refractivity contribution is -0.115. The van der Waals surface area contributed by atoms with Crippen molar-refractivity contribution in [2.75, 3.05) is 10.6 Å². The molecule has 5 heteroatoms. The van der Waals surface area contributed by atoms with Gasteiger partial charge in [-0.25, -0.2) is 0 Å². The Morgan fingerprint density at radius 1 is 0.929 bits per heavy atom. The molecule has 1 heterocycles. The molecule has 0 radical (unpaired) electrons. The fourth-order valence-electron chi connectivity index (χ4n) is 3.00. The average molecular weight is 373 g/mol. The van der Waals surface area contributed by atoms with E-state index in [0.717, 1.165) is 22.4 Å². The number of benzene rings is 2. The van der Waals surface area contributed by atoms with Crippen molar-refractivity contribution in [1.29, 1.82) is 0 Å². The predicted octanol–water partition coefficient (Wildman–Crippen LogP) is 4.97. The number of aromatic nitrogens is 1. The van der Waals surface area contributed by atoms with E-state index in [1.165, 1.54) is 0 Å². The molecule has 2 aromatic carbocycles. The van der Waals surface area contributed by atoms with Crippen LogP contribution in [-0.4, -0.2) is 16.8 Å². The van der Waals surface area contributed by atoms with Crippen LogP contribution in [0.1, 0.15) is 34.8 Å². The number of carbonyl (C=O) groups is 2. The highest BCUT2D eigenvalue weighted by atomic mass is 16.2. The van der Waals surface area contributed by atoms with E-state index < -0.39 is 0 Å². The third-order valence-corrected chi connectivity index (χ3v) is 4.30. The van der Waals surface area contributed by atoms with E-state index in [2.05, 4.69) is 21.7 Å². The van der Waals surface area contributed by atoms with Crippen LogP contribution >= 0.6 is 0 Å². The Bertz CT molecular complexity index is 990. The van der Waals surface area contributed by atoms with E-state index >= 15 is 0 Å². The second-order valence-corrected chi connectivity index (χ2v) is 6.71. The Labute approximate surface area is 164 Å². The lowest BCUT2D eigenvalue weighted by Gasteiger charge is -2.11. The topological polar surface area (TPSA) is 71.1 Å². The lowest BCUT2D eigenvalue weighted by atomic mass is 10.1. The lowest BCUT2D eigenvalue weighted by Crippen LogP contribution is -2.12. The van der Waals surface area contributed by atoms with Crippen LogP contribution in [0.4, 0.5) is 11.4 Å². The summed E-state index contributed by atoms with van der Waals surface area (Å²) < 4.78 is 0. The number of aryl methyl sites for hydroxylation is 2. The minimum Gasteiger partial charge on any atom is -0.324 e. The molecule has 1 aromatic heterocycles. The summed E-state index contributed by atoms with van der Waals surface area (Å²) in [6.45, 7) is 5.80. The number of nitrogens with zero attached hydrogens (tertiary/aromatic N) is 1. The van der Waals surface area contributed by atoms with Crippen LogP contribution in [0, 0.1) is 13.8 Å². The first-order valence-corrected chi connectivity index (χ1v) is 9.21. The fraction of sp³-hybridized carbons (Fsp3) is 0.174. The number of nitrogens with one attached hydrogen (secondary N) is 2. The maximum Gasteiger partial charge on any atom is 0.255 e. The highest BCUT2D eigenvalue weighted by Crippen LogP contribution is 2.26. The summed E-state index contributed by atoms with van der Waals surface area (Å²) >= 11 is 0. The molecule has 0 saturated heterocycles. The third-order valence-electron chi connectivity index (χ3n) is 4.30. The summed E-state index contributed by atoms with van der Waals surface area (Å²) in [5.74, 6) is -0.240. The Hall–Kier alpha value is -3.47. The van der Waals surface area contributed by atoms with Gasteiger partial charge in [0.1, 0.15) is 0 Å². The molecular weight excluding hydrogens is 350 g/mol. The SMILES string of the molecule is CCC(=O)Nc1cccnc1-c1ccc(C(=O)Nc2cc(C)cc(C)c2)cc1. The Kier molecular flexibility index (Phi) is 5.84. The first-order valence-electron chi connectivity index (χ1n) is 9.21. The van der Waals surface area contributed by atoms with E-state index in [4.69, 9.17) is 0 Å². The molecule has 0 fully saturated rings. The van der Waals surface area contributed by atoms with Gasteiger partial charge in [0.25, 0.3) is 5.91 Å². The molecule has 142 valence electrons. The van der Waals surface area contributed by atoms with Gasteiger partial charge in [-0.1, -0.05) is 25.1 Å². The Morgan fingerprint density at radius 2 is 1.61 bits per heavy atom. The number of hydrogen-bond acceptors (Lipinski definition) is 3. The van der Waals surface area contributed by atoms with Crippen molar-refractivity contribution in [3.63, 3.8) is 0 Å². The van der Waals surface area contributed by atoms with Crippen LogP contribution in [0.5, 0.6) is 0 Å². The Balaban J connectivity index is 1.80. The van der Waals surface area contributed by atoms with E-state index in [1.54, 1.807) is 31.3 Å². The van der Waals surface area contributed by atoms with Gasteiger partial charge in [-0.3, -0.25) is 14.6 Å². The highest BCUT2D eigenvalue weighted by molar-refractivity contribution is 6.04. The van der Waals surface area contributed by atoms with Gasteiger partial charge in [-0.05, 0) is 61.4 Å². The molecular formula is C23H23N3O2. The van der Waals surface area contributed by atoms with Crippen LogP contribution in [0.2, 0.25) is 0 Å². The molecule has 0 aliphatic heterocycles. The third kappa shape index (κ3) is 4.62. The van der Waals surface area contributed by atoms with Crippen molar-refractivity contribution < 1.29 is 9.59 Å². The summed E-state index contributed by atoms with van der Waals surface area (Å²) in [5.41, 5.74) is 5.69. The van der Waals surface area contributed by atoms with Crippen molar-refractivity contribution in [1.82, 2.24) is 4.98 Å². The first kappa shape index (κ1) is 19.3. The maximum atomic E-state index is 12.6. The molecule has 3 aromatic rings. The molecule has 28 heavy (non-hydrogen) atoms. The zero-order valence-corrected chi connectivity index (χ0v) is 16.2. The molecule has 5 nitrogen and oxygen atoms in total. The van der Waals surface area contributed by atoms with Crippen molar-refractivity contribution in [2.24, 2.45) is 0 Å². The van der Waals surface area contributed by atoms with Gasteiger partial charge in [0.15, 0.2) is 0 Å². The second-order valence-electron chi connectivity index (χ2n) is 6.71. The summed E-state index contributed by atoms with van der Waals surface area (Å²) in [7, 11) is 0. The van der Waals surface area contributed by atoms with Crippen molar-refractivity contribution >= 4 is 23.2 Å². The van der Waals surface area contributed by atoms with Crippen LogP contribution in [-0.2, 0) is 4.79 Å². The molecule has 0 spiro atoms. The summed E-state index contributed by atoms with van der Waals surface area (Å²) in [6.07, 6.45) is 2.07. The van der Waals surface area contributed by atoms with Crippen molar-refractivity contribution in [2.45, 2.75) is 27.2 Å².